The number of aryl methyl sites for hydroxylation is 2. The van der Waals surface area contributed by atoms with E-state index in [0.29, 0.717) is 22.7 Å². The Bertz CT molecular complexity index is 767. The summed E-state index contributed by atoms with van der Waals surface area (Å²) in [6, 6.07) is 1.79. The van der Waals surface area contributed by atoms with Gasteiger partial charge in [0.2, 0.25) is 0 Å². The fourth-order valence-electron chi connectivity index (χ4n) is 1.83. The first-order valence-electron chi connectivity index (χ1n) is 5.39. The van der Waals surface area contributed by atoms with E-state index in [1.165, 1.54) is 17.2 Å². The zero-order valence-corrected chi connectivity index (χ0v) is 9.88. The van der Waals surface area contributed by atoms with Crippen molar-refractivity contribution in [3.63, 3.8) is 0 Å². The van der Waals surface area contributed by atoms with Crippen LogP contribution in [0.4, 0.5) is 0 Å². The summed E-state index contributed by atoms with van der Waals surface area (Å²) in [5.41, 5.74) is 1.11. The molecule has 0 amide bonds. The molecule has 0 aliphatic carbocycles. The third kappa shape index (κ3) is 1.56. The van der Waals surface area contributed by atoms with E-state index in [1.54, 1.807) is 6.07 Å². The summed E-state index contributed by atoms with van der Waals surface area (Å²) in [7, 11) is 0. The van der Waals surface area contributed by atoms with E-state index < -0.39 is 0 Å². The first-order valence-corrected chi connectivity index (χ1v) is 5.39. The van der Waals surface area contributed by atoms with Crippen molar-refractivity contribution in [1.82, 2.24) is 29.7 Å². The van der Waals surface area contributed by atoms with Gasteiger partial charge in [-0.25, -0.2) is 15.0 Å². The van der Waals surface area contributed by atoms with Gasteiger partial charge in [0.15, 0.2) is 11.5 Å². The highest BCUT2D eigenvalue weighted by Gasteiger charge is 2.10. The first-order chi connectivity index (χ1) is 8.65. The molecular weight excluding hydrogens is 232 g/mol. The van der Waals surface area contributed by atoms with Crippen molar-refractivity contribution < 1.29 is 0 Å². The molecule has 0 fully saturated rings. The Kier molecular flexibility index (Phi) is 2.19. The summed E-state index contributed by atoms with van der Waals surface area (Å²) in [6.07, 6.45) is 2.83. The fourth-order valence-corrected chi connectivity index (χ4v) is 1.83. The van der Waals surface area contributed by atoms with Crippen molar-refractivity contribution >= 4 is 11.0 Å². The molecule has 0 radical (unpaired) electrons. The zero-order valence-electron chi connectivity index (χ0n) is 9.88. The maximum atomic E-state index is 11.6. The van der Waals surface area contributed by atoms with Crippen LogP contribution in [0.15, 0.2) is 23.4 Å². The van der Waals surface area contributed by atoms with Crippen LogP contribution in [0.3, 0.4) is 0 Å². The van der Waals surface area contributed by atoms with Gasteiger partial charge < -0.3 is 4.98 Å². The van der Waals surface area contributed by atoms with Crippen molar-refractivity contribution in [3.05, 3.63) is 40.5 Å². The van der Waals surface area contributed by atoms with Crippen LogP contribution in [0.1, 0.15) is 11.5 Å². The number of aromatic amines is 1. The van der Waals surface area contributed by atoms with Gasteiger partial charge in [-0.1, -0.05) is 0 Å². The second-order valence-corrected chi connectivity index (χ2v) is 3.94. The molecule has 7 nitrogen and oxygen atoms in total. The maximum Gasteiger partial charge on any atom is 0.261 e. The van der Waals surface area contributed by atoms with Crippen LogP contribution in [-0.2, 0) is 0 Å². The Morgan fingerprint density at radius 1 is 1.28 bits per heavy atom. The Labute approximate surface area is 102 Å². The third-order valence-corrected chi connectivity index (χ3v) is 2.54. The first kappa shape index (κ1) is 10.6. The minimum absolute atomic E-state index is 0.214. The average Bonchev–Trinajstić information content (AvgIpc) is 2.73. The molecule has 90 valence electrons. The Hall–Kier alpha value is -2.57. The average molecular weight is 242 g/mol. The number of nitrogens with zero attached hydrogens (tertiary/aromatic N) is 5. The van der Waals surface area contributed by atoms with E-state index in [9.17, 15) is 4.79 Å². The predicted octanol–water partition coefficient (Wildman–Crippen LogP) is 0.516. The van der Waals surface area contributed by atoms with Gasteiger partial charge in [-0.15, -0.1) is 0 Å². The summed E-state index contributed by atoms with van der Waals surface area (Å²) in [5, 5.41) is 4.59. The molecular formula is C11H10N6O. The molecule has 7 heteroatoms. The number of H-pyrrole nitrogens is 1. The Morgan fingerprint density at radius 3 is 2.89 bits per heavy atom. The molecule has 3 rings (SSSR count). The van der Waals surface area contributed by atoms with Crippen LogP contribution >= 0.6 is 0 Å². The van der Waals surface area contributed by atoms with Gasteiger partial charge in [0.1, 0.15) is 11.2 Å². The number of hydrogen-bond donors (Lipinski definition) is 1. The van der Waals surface area contributed by atoms with Crippen molar-refractivity contribution in [3.8, 4) is 5.82 Å². The molecule has 0 aliphatic heterocycles. The topological polar surface area (TPSA) is 89.4 Å². The molecule has 0 bridgehead atoms. The zero-order chi connectivity index (χ0) is 12.7. The SMILES string of the molecule is Cc1cc(-n2ncc3c(=O)[nH]cnc32)nc(C)n1. The summed E-state index contributed by atoms with van der Waals surface area (Å²) >= 11 is 0. The van der Waals surface area contributed by atoms with Gasteiger partial charge in [-0.2, -0.15) is 9.78 Å². The summed E-state index contributed by atoms with van der Waals surface area (Å²) in [4.78, 5) is 26.7. The minimum Gasteiger partial charge on any atom is -0.312 e. The van der Waals surface area contributed by atoms with E-state index in [4.69, 9.17) is 0 Å². The van der Waals surface area contributed by atoms with Gasteiger partial charge >= 0.3 is 0 Å². The molecule has 18 heavy (non-hydrogen) atoms. The van der Waals surface area contributed by atoms with Gasteiger partial charge in [-0.3, -0.25) is 4.79 Å². The van der Waals surface area contributed by atoms with E-state index in [2.05, 4.69) is 25.0 Å². The third-order valence-electron chi connectivity index (χ3n) is 2.54. The van der Waals surface area contributed by atoms with Crippen molar-refractivity contribution in [1.29, 1.82) is 0 Å². The molecule has 0 aliphatic rings. The van der Waals surface area contributed by atoms with E-state index >= 15 is 0 Å². The van der Waals surface area contributed by atoms with Crippen molar-refractivity contribution in [2.75, 3.05) is 0 Å². The molecule has 0 aromatic carbocycles. The highest BCUT2D eigenvalue weighted by molar-refractivity contribution is 5.74. The predicted molar refractivity (Wildman–Crippen MR) is 64.5 cm³/mol. The van der Waals surface area contributed by atoms with E-state index in [-0.39, 0.29) is 5.56 Å². The standard InChI is InChI=1S/C11H10N6O/c1-6-3-9(16-7(2)15-6)17-10-8(4-14-17)11(18)13-5-12-10/h3-5H,1-2H3,(H,12,13,18). The number of aromatic nitrogens is 6. The maximum absolute atomic E-state index is 11.6. The molecule has 0 saturated heterocycles. The second kappa shape index (κ2) is 3.73. The lowest BCUT2D eigenvalue weighted by molar-refractivity contribution is 0.834. The highest BCUT2D eigenvalue weighted by atomic mass is 16.1. The lowest BCUT2D eigenvalue weighted by Crippen LogP contribution is -2.08. The molecule has 3 aromatic heterocycles. The number of fused-ring (bicyclic) bond motifs is 1. The van der Waals surface area contributed by atoms with Crippen LogP contribution in [0.2, 0.25) is 0 Å². The largest absolute Gasteiger partial charge is 0.312 e. The molecule has 3 aromatic rings. The summed E-state index contributed by atoms with van der Waals surface area (Å²) < 4.78 is 1.53. The molecule has 3 heterocycles. The van der Waals surface area contributed by atoms with Crippen LogP contribution < -0.4 is 5.56 Å². The fraction of sp³-hybridized carbons (Fsp3) is 0.182. The minimum atomic E-state index is -0.214. The van der Waals surface area contributed by atoms with Crippen LogP contribution in [0.25, 0.3) is 16.9 Å². The Balaban J connectivity index is 2.32. The normalized spacial score (nSPS) is 11.0. The van der Waals surface area contributed by atoms with E-state index in [0.717, 1.165) is 5.69 Å². The van der Waals surface area contributed by atoms with Crippen molar-refractivity contribution in [2.45, 2.75) is 13.8 Å². The Morgan fingerprint density at radius 2 is 2.11 bits per heavy atom. The van der Waals surface area contributed by atoms with E-state index in [1.807, 2.05) is 13.8 Å². The highest BCUT2D eigenvalue weighted by Crippen LogP contribution is 2.11. The van der Waals surface area contributed by atoms with Gasteiger partial charge in [0.05, 0.1) is 12.5 Å². The van der Waals surface area contributed by atoms with Gasteiger partial charge in [0, 0.05) is 11.8 Å². The molecule has 0 spiro atoms. The summed E-state index contributed by atoms with van der Waals surface area (Å²) in [6.45, 7) is 3.69. The molecule has 0 unspecified atom stereocenters. The lowest BCUT2D eigenvalue weighted by Gasteiger charge is -2.03. The smallest absolute Gasteiger partial charge is 0.261 e. The number of rotatable bonds is 1. The van der Waals surface area contributed by atoms with Crippen LogP contribution in [0, 0.1) is 13.8 Å². The van der Waals surface area contributed by atoms with Gasteiger partial charge in [-0.05, 0) is 13.8 Å². The van der Waals surface area contributed by atoms with Crippen LogP contribution in [0.5, 0.6) is 0 Å². The van der Waals surface area contributed by atoms with Crippen molar-refractivity contribution in [2.24, 2.45) is 0 Å². The van der Waals surface area contributed by atoms with Gasteiger partial charge in [0.25, 0.3) is 5.56 Å². The molecule has 1 N–H and O–H groups in total. The second-order valence-electron chi connectivity index (χ2n) is 3.94. The molecule has 0 saturated carbocycles. The number of hydrogen-bond acceptors (Lipinski definition) is 5. The summed E-state index contributed by atoms with van der Waals surface area (Å²) in [5.74, 6) is 1.26. The van der Waals surface area contributed by atoms with Crippen LogP contribution in [-0.4, -0.2) is 29.7 Å². The molecule has 0 atom stereocenters. The lowest BCUT2D eigenvalue weighted by atomic mass is 10.4. The quantitative estimate of drug-likeness (QED) is 0.671. The number of nitrogens with one attached hydrogen (secondary N) is 1. The monoisotopic (exact) mass is 242 g/mol.